The van der Waals surface area contributed by atoms with Gasteiger partial charge in [-0.25, -0.2) is 0 Å². The lowest BCUT2D eigenvalue weighted by atomic mass is 9.91. The Kier molecular flexibility index (Phi) is 7.42. The number of nitrogens with two attached hydrogens (primary N) is 1. The van der Waals surface area contributed by atoms with Crippen LogP contribution in [0.5, 0.6) is 0 Å². The molecule has 3 nitrogen and oxygen atoms in total. The number of hydrogen-bond acceptors (Lipinski definition) is 2. The second-order valence-electron chi connectivity index (χ2n) is 7.44. The normalized spacial score (nSPS) is 24.0. The van der Waals surface area contributed by atoms with Crippen molar-refractivity contribution in [3.8, 4) is 0 Å². The first-order valence-electron chi connectivity index (χ1n) is 9.57. The number of nitrogens with zero attached hydrogens (tertiary/aromatic N) is 1. The summed E-state index contributed by atoms with van der Waals surface area (Å²) in [5.74, 6) is 0.520. The zero-order valence-electron chi connectivity index (χ0n) is 15.9. The Morgan fingerprint density at radius 1 is 1.20 bits per heavy atom. The maximum atomic E-state index is 11.2. The zero-order valence-corrected chi connectivity index (χ0v) is 15.9. The molecule has 3 heteroatoms. The van der Waals surface area contributed by atoms with Gasteiger partial charge in [-0.05, 0) is 37.3 Å². The van der Waals surface area contributed by atoms with Crippen LogP contribution >= 0.6 is 0 Å². The quantitative estimate of drug-likeness (QED) is 0.700. The molecule has 0 heterocycles. The Morgan fingerprint density at radius 3 is 2.44 bits per heavy atom. The second-order valence-corrected chi connectivity index (χ2v) is 7.44. The minimum Gasteiger partial charge on any atom is -0.369 e. The maximum absolute atomic E-state index is 11.2. The van der Waals surface area contributed by atoms with E-state index in [0.717, 1.165) is 29.3 Å². The summed E-state index contributed by atoms with van der Waals surface area (Å²) in [5.41, 5.74) is 9.57. The third-order valence-electron chi connectivity index (χ3n) is 5.20. The number of carbonyl (C=O) groups is 1. The van der Waals surface area contributed by atoms with Gasteiger partial charge in [0.1, 0.15) is 0 Å². The molecule has 0 radical (unpaired) electrons. The Morgan fingerprint density at radius 2 is 1.92 bits per heavy atom. The lowest BCUT2D eigenvalue weighted by molar-refractivity contribution is -0.120. The molecular weight excluding hydrogens is 308 g/mol. The van der Waals surface area contributed by atoms with Gasteiger partial charge in [0.05, 0.1) is 5.92 Å². The summed E-state index contributed by atoms with van der Waals surface area (Å²) in [6, 6.07) is 0. The van der Waals surface area contributed by atoms with Crippen LogP contribution in [-0.2, 0) is 4.79 Å². The van der Waals surface area contributed by atoms with E-state index in [4.69, 9.17) is 5.73 Å². The molecule has 0 bridgehead atoms. The van der Waals surface area contributed by atoms with Crippen molar-refractivity contribution < 1.29 is 4.79 Å². The van der Waals surface area contributed by atoms with Crippen LogP contribution in [-0.4, -0.2) is 11.6 Å². The van der Waals surface area contributed by atoms with Crippen molar-refractivity contribution >= 4 is 11.6 Å². The number of aliphatic imine (C=N–C) groups is 1. The summed E-state index contributed by atoms with van der Waals surface area (Å²) in [4.78, 5) is 15.9. The highest BCUT2D eigenvalue weighted by Gasteiger charge is 2.19. The molecule has 2 N–H and O–H groups in total. The minimum atomic E-state index is -0.288. The van der Waals surface area contributed by atoms with E-state index in [1.54, 1.807) is 0 Å². The number of allylic oxidation sites excluding steroid dienone is 7. The van der Waals surface area contributed by atoms with Crippen molar-refractivity contribution in [3.63, 3.8) is 0 Å². The topological polar surface area (TPSA) is 55.4 Å². The molecule has 1 unspecified atom stereocenters. The molecule has 3 aliphatic rings. The van der Waals surface area contributed by atoms with E-state index in [9.17, 15) is 4.79 Å². The van der Waals surface area contributed by atoms with E-state index in [1.807, 2.05) is 26.0 Å². The molecule has 1 amide bonds. The van der Waals surface area contributed by atoms with Crippen LogP contribution in [0, 0.1) is 11.8 Å². The lowest BCUT2D eigenvalue weighted by Crippen LogP contribution is -2.23. The highest BCUT2D eigenvalue weighted by atomic mass is 16.1. The number of hydrogen-bond donors (Lipinski definition) is 1. The number of amides is 1. The average molecular weight is 341 g/mol. The molecular formula is C22H32N2O. The molecule has 136 valence electrons. The maximum Gasteiger partial charge on any atom is 0.224 e. The van der Waals surface area contributed by atoms with Crippen LogP contribution in [0.3, 0.4) is 0 Å². The first kappa shape index (κ1) is 19.4. The number of rotatable bonds is 3. The molecule has 0 spiro atoms. The van der Waals surface area contributed by atoms with Crippen molar-refractivity contribution in [2.75, 3.05) is 0 Å². The van der Waals surface area contributed by atoms with Gasteiger partial charge in [-0.3, -0.25) is 9.79 Å². The van der Waals surface area contributed by atoms with Gasteiger partial charge in [0.25, 0.3) is 0 Å². The highest BCUT2D eigenvalue weighted by molar-refractivity contribution is 6.01. The van der Waals surface area contributed by atoms with E-state index in [2.05, 4.69) is 30.1 Å². The highest BCUT2D eigenvalue weighted by Crippen LogP contribution is 2.25. The number of carbonyl (C=O) groups excluding carboxylic acids is 1. The van der Waals surface area contributed by atoms with Gasteiger partial charge in [-0.2, -0.15) is 0 Å². The first-order valence-corrected chi connectivity index (χ1v) is 9.57. The smallest absolute Gasteiger partial charge is 0.224 e. The Balaban J connectivity index is 0.000000269. The van der Waals surface area contributed by atoms with Gasteiger partial charge in [-0.1, -0.05) is 69.4 Å². The average Bonchev–Trinajstić information content (AvgIpc) is 3.12. The SMILES string of the molecule is CC(=NC1=C(C)C=CC(C(N)=O)C1)C1=CCC=C1.CC1CCCCC1. The Bertz CT molecular complexity index is 628. The van der Waals surface area contributed by atoms with E-state index >= 15 is 0 Å². The predicted molar refractivity (Wildman–Crippen MR) is 106 cm³/mol. The first-order chi connectivity index (χ1) is 12.0. The van der Waals surface area contributed by atoms with Gasteiger partial charge in [-0.15, -0.1) is 0 Å². The van der Waals surface area contributed by atoms with Crippen LogP contribution in [0.15, 0.2) is 52.2 Å². The van der Waals surface area contributed by atoms with Crippen LogP contribution in [0.25, 0.3) is 0 Å². The van der Waals surface area contributed by atoms with Crippen LogP contribution in [0.4, 0.5) is 0 Å². The van der Waals surface area contributed by atoms with Gasteiger partial charge in [0, 0.05) is 17.8 Å². The Labute approximate surface area is 152 Å². The largest absolute Gasteiger partial charge is 0.369 e. The third kappa shape index (κ3) is 6.15. The molecule has 1 fully saturated rings. The molecule has 0 aromatic rings. The number of primary amides is 1. The summed E-state index contributed by atoms with van der Waals surface area (Å²) in [7, 11) is 0. The van der Waals surface area contributed by atoms with Gasteiger partial charge in [0.2, 0.25) is 5.91 Å². The van der Waals surface area contributed by atoms with Crippen molar-refractivity contribution in [2.24, 2.45) is 22.6 Å². The monoisotopic (exact) mass is 340 g/mol. The van der Waals surface area contributed by atoms with Crippen molar-refractivity contribution in [1.29, 1.82) is 0 Å². The second kappa shape index (κ2) is 9.55. The summed E-state index contributed by atoms with van der Waals surface area (Å²) < 4.78 is 0. The molecule has 0 aromatic heterocycles. The van der Waals surface area contributed by atoms with Crippen LogP contribution in [0.1, 0.15) is 65.7 Å². The van der Waals surface area contributed by atoms with E-state index in [0.29, 0.717) is 6.42 Å². The van der Waals surface area contributed by atoms with E-state index in [1.165, 1.54) is 37.7 Å². The van der Waals surface area contributed by atoms with E-state index < -0.39 is 0 Å². The van der Waals surface area contributed by atoms with Crippen molar-refractivity contribution in [1.82, 2.24) is 0 Å². The lowest BCUT2D eigenvalue weighted by Gasteiger charge is -2.16. The third-order valence-corrected chi connectivity index (χ3v) is 5.20. The van der Waals surface area contributed by atoms with Gasteiger partial charge in [0.15, 0.2) is 0 Å². The zero-order chi connectivity index (χ0) is 18.2. The van der Waals surface area contributed by atoms with Gasteiger partial charge < -0.3 is 5.73 Å². The standard InChI is InChI=1S/C15H18N2O.C7H14/c1-10-7-8-13(15(16)18)9-14(10)17-11(2)12-5-3-4-6-12;1-7-5-3-2-4-6-7/h3,5-8,13H,4,9H2,1-2H3,(H2,16,18);7H,2-6H2,1H3. The molecule has 0 aliphatic heterocycles. The molecule has 1 atom stereocenters. The molecule has 25 heavy (non-hydrogen) atoms. The Hall–Kier alpha value is -1.90. The fourth-order valence-corrected chi connectivity index (χ4v) is 3.42. The summed E-state index contributed by atoms with van der Waals surface area (Å²) in [6.07, 6.45) is 19.2. The van der Waals surface area contributed by atoms with Crippen LogP contribution in [0.2, 0.25) is 0 Å². The molecule has 3 rings (SSSR count). The van der Waals surface area contributed by atoms with Gasteiger partial charge >= 0.3 is 0 Å². The molecule has 0 aromatic carbocycles. The minimum absolute atomic E-state index is 0.228. The molecule has 0 saturated heterocycles. The summed E-state index contributed by atoms with van der Waals surface area (Å²) in [6.45, 7) is 6.37. The van der Waals surface area contributed by atoms with Crippen molar-refractivity contribution in [2.45, 2.75) is 65.7 Å². The summed E-state index contributed by atoms with van der Waals surface area (Å²) in [5, 5.41) is 0. The van der Waals surface area contributed by atoms with Crippen molar-refractivity contribution in [3.05, 3.63) is 47.2 Å². The molecule has 1 saturated carbocycles. The van der Waals surface area contributed by atoms with Crippen LogP contribution < -0.4 is 5.73 Å². The predicted octanol–water partition coefficient (Wildman–Crippen LogP) is 5.26. The fourth-order valence-electron chi connectivity index (χ4n) is 3.42. The molecule has 3 aliphatic carbocycles. The fraction of sp³-hybridized carbons (Fsp3) is 0.545. The van der Waals surface area contributed by atoms with E-state index in [-0.39, 0.29) is 11.8 Å². The summed E-state index contributed by atoms with van der Waals surface area (Å²) >= 11 is 0.